The zero-order chi connectivity index (χ0) is 19.0. The van der Waals surface area contributed by atoms with E-state index in [1.54, 1.807) is 12.1 Å². The van der Waals surface area contributed by atoms with Crippen LogP contribution < -0.4 is 4.74 Å². The van der Waals surface area contributed by atoms with Crippen LogP contribution in [0.2, 0.25) is 0 Å². The van der Waals surface area contributed by atoms with Crippen LogP contribution in [0.5, 0.6) is 23.0 Å². The quantitative estimate of drug-likeness (QED) is 0.630. The maximum absolute atomic E-state index is 12.6. The van der Waals surface area contributed by atoms with E-state index >= 15 is 0 Å². The number of carbonyl (C=O) groups is 1. The van der Waals surface area contributed by atoms with E-state index < -0.39 is 23.7 Å². The molecule has 6 nitrogen and oxygen atoms in total. The summed E-state index contributed by atoms with van der Waals surface area (Å²) in [6.45, 7) is 3.89. The Morgan fingerprint density at radius 2 is 1.85 bits per heavy atom. The van der Waals surface area contributed by atoms with E-state index in [2.05, 4.69) is 0 Å². The predicted molar refractivity (Wildman–Crippen MR) is 94.3 cm³/mol. The van der Waals surface area contributed by atoms with Crippen molar-refractivity contribution in [3.05, 3.63) is 58.7 Å². The Morgan fingerprint density at radius 1 is 1.12 bits per heavy atom. The zero-order valence-electron chi connectivity index (χ0n) is 14.4. The van der Waals surface area contributed by atoms with E-state index in [9.17, 15) is 25.2 Å². The van der Waals surface area contributed by atoms with Gasteiger partial charge in [0.15, 0.2) is 6.10 Å². The van der Waals surface area contributed by atoms with E-state index in [0.717, 1.165) is 11.6 Å². The average Bonchev–Trinajstić information content (AvgIpc) is 2.56. The molecule has 4 N–H and O–H groups in total. The van der Waals surface area contributed by atoms with E-state index in [1.807, 2.05) is 19.9 Å². The Kier molecular flexibility index (Phi) is 4.61. The van der Waals surface area contributed by atoms with Crippen molar-refractivity contribution in [2.24, 2.45) is 0 Å². The van der Waals surface area contributed by atoms with Crippen LogP contribution in [0.3, 0.4) is 0 Å². The molecule has 0 bridgehead atoms. The third-order valence-electron chi connectivity index (χ3n) is 4.29. The number of carbonyl (C=O) groups excluding carboxylic acids is 1. The number of fused-ring (bicyclic) bond motifs is 1. The first kappa shape index (κ1) is 17.8. The molecular weight excluding hydrogens is 336 g/mol. The summed E-state index contributed by atoms with van der Waals surface area (Å²) in [6, 6.07) is 6.95. The summed E-state index contributed by atoms with van der Waals surface area (Å²) in [4.78, 5) is 12.6. The molecule has 1 heterocycles. The van der Waals surface area contributed by atoms with E-state index in [-0.39, 0.29) is 22.8 Å². The molecule has 1 aliphatic heterocycles. The van der Waals surface area contributed by atoms with Crippen LogP contribution in [0.15, 0.2) is 42.0 Å². The summed E-state index contributed by atoms with van der Waals surface area (Å²) in [6.07, 6.45) is -0.240. The first-order valence-electron chi connectivity index (χ1n) is 8.17. The third kappa shape index (κ3) is 3.23. The second kappa shape index (κ2) is 6.72. The highest BCUT2D eigenvalue weighted by Crippen LogP contribution is 2.45. The molecule has 6 heteroatoms. The summed E-state index contributed by atoms with van der Waals surface area (Å²) >= 11 is 0. The minimum absolute atomic E-state index is 0.0403. The van der Waals surface area contributed by atoms with E-state index in [1.165, 1.54) is 12.1 Å². The topological polar surface area (TPSA) is 107 Å². The molecule has 0 aromatic heterocycles. The number of hydrogen-bond acceptors (Lipinski definition) is 6. The zero-order valence-corrected chi connectivity index (χ0v) is 14.4. The van der Waals surface area contributed by atoms with Crippen LogP contribution in [0, 0.1) is 0 Å². The number of phenolic OH excluding ortho intramolecular Hbond substituents is 3. The number of ketones is 1. The Balaban J connectivity index is 2.01. The number of allylic oxidation sites excluding steroid dienone is 2. The number of hydrogen-bond donors (Lipinski definition) is 4. The van der Waals surface area contributed by atoms with Gasteiger partial charge in [-0.3, -0.25) is 4.79 Å². The van der Waals surface area contributed by atoms with Crippen molar-refractivity contribution in [1.82, 2.24) is 0 Å². The molecule has 2 aromatic carbocycles. The molecular formula is C20H20O6. The number of rotatable bonds is 3. The minimum Gasteiger partial charge on any atom is -0.508 e. The van der Waals surface area contributed by atoms with E-state index in [0.29, 0.717) is 17.5 Å². The Morgan fingerprint density at radius 3 is 2.54 bits per heavy atom. The van der Waals surface area contributed by atoms with Gasteiger partial charge in [-0.2, -0.15) is 0 Å². The number of benzene rings is 2. The van der Waals surface area contributed by atoms with Crippen molar-refractivity contribution >= 4 is 5.78 Å². The van der Waals surface area contributed by atoms with Gasteiger partial charge in [0.25, 0.3) is 0 Å². The van der Waals surface area contributed by atoms with Gasteiger partial charge in [-0.15, -0.1) is 0 Å². The number of aromatic hydroxyl groups is 3. The lowest BCUT2D eigenvalue weighted by Crippen LogP contribution is -2.30. The number of ether oxygens (including phenoxy) is 1. The molecule has 0 fully saturated rings. The lowest BCUT2D eigenvalue weighted by Gasteiger charge is -2.29. The molecule has 0 radical (unpaired) electrons. The molecule has 0 saturated carbocycles. The van der Waals surface area contributed by atoms with Crippen LogP contribution in [0.1, 0.15) is 42.7 Å². The molecule has 2 aromatic rings. The van der Waals surface area contributed by atoms with Crippen molar-refractivity contribution in [3.63, 3.8) is 0 Å². The summed E-state index contributed by atoms with van der Waals surface area (Å²) in [5, 5.41) is 39.9. The highest BCUT2D eigenvalue weighted by Gasteiger charge is 2.39. The summed E-state index contributed by atoms with van der Waals surface area (Å²) in [5.74, 6) is -1.13. The van der Waals surface area contributed by atoms with Crippen molar-refractivity contribution in [2.75, 3.05) is 0 Å². The van der Waals surface area contributed by atoms with Gasteiger partial charge in [-0.1, -0.05) is 17.7 Å². The van der Waals surface area contributed by atoms with Gasteiger partial charge >= 0.3 is 0 Å². The lowest BCUT2D eigenvalue weighted by atomic mass is 9.91. The Labute approximate surface area is 150 Å². The summed E-state index contributed by atoms with van der Waals surface area (Å²) < 4.78 is 5.66. The van der Waals surface area contributed by atoms with Crippen LogP contribution in [-0.4, -0.2) is 26.2 Å². The van der Waals surface area contributed by atoms with Gasteiger partial charge in [0, 0.05) is 17.7 Å². The summed E-state index contributed by atoms with van der Waals surface area (Å²) in [5.41, 5.74) is 2.12. The predicted octanol–water partition coefficient (Wildman–Crippen LogP) is 3.05. The fraction of sp³-hybridized carbons (Fsp3) is 0.250. The number of Topliss-reactive ketones (excluding diaryl/α,β-unsaturated/α-hetero) is 1. The fourth-order valence-corrected chi connectivity index (χ4v) is 2.92. The lowest BCUT2D eigenvalue weighted by molar-refractivity contribution is -0.137. The largest absolute Gasteiger partial charge is 0.508 e. The standard InChI is InChI=1S/C20H20O6/c1-10(2)3-4-11-7-12(5-6-14(11)22)20-19(25)18(24)17-15(23)8-13(21)9-16(17)26-20/h3,5-9,18,20-24H,4H2,1-2H3. The maximum Gasteiger partial charge on any atom is 0.211 e. The molecule has 136 valence electrons. The third-order valence-corrected chi connectivity index (χ3v) is 4.29. The molecule has 2 atom stereocenters. The maximum atomic E-state index is 12.6. The molecule has 2 unspecified atom stereocenters. The van der Waals surface area contributed by atoms with Crippen LogP contribution in [0.25, 0.3) is 0 Å². The highest BCUT2D eigenvalue weighted by atomic mass is 16.5. The van der Waals surface area contributed by atoms with Gasteiger partial charge in [0.1, 0.15) is 29.1 Å². The van der Waals surface area contributed by atoms with Crippen LogP contribution >= 0.6 is 0 Å². The number of aliphatic hydroxyl groups excluding tert-OH is 1. The molecule has 1 aliphatic rings. The molecule has 0 saturated heterocycles. The molecule has 0 aliphatic carbocycles. The molecule has 3 rings (SSSR count). The monoisotopic (exact) mass is 356 g/mol. The van der Waals surface area contributed by atoms with Crippen molar-refractivity contribution in [3.8, 4) is 23.0 Å². The highest BCUT2D eigenvalue weighted by molar-refractivity contribution is 5.92. The van der Waals surface area contributed by atoms with Crippen molar-refractivity contribution in [1.29, 1.82) is 0 Å². The molecule has 26 heavy (non-hydrogen) atoms. The summed E-state index contributed by atoms with van der Waals surface area (Å²) in [7, 11) is 0. The van der Waals surface area contributed by atoms with Gasteiger partial charge in [0.2, 0.25) is 5.78 Å². The average molecular weight is 356 g/mol. The van der Waals surface area contributed by atoms with Gasteiger partial charge in [-0.25, -0.2) is 0 Å². The smallest absolute Gasteiger partial charge is 0.211 e. The normalized spacial score (nSPS) is 18.8. The second-order valence-electron chi connectivity index (χ2n) is 6.55. The van der Waals surface area contributed by atoms with Crippen molar-refractivity contribution < 1.29 is 30.0 Å². The SMILES string of the molecule is CC(C)=CCc1cc(C2Oc3cc(O)cc(O)c3C(O)C2=O)ccc1O. The Bertz CT molecular complexity index is 895. The molecule has 0 spiro atoms. The van der Waals surface area contributed by atoms with E-state index in [4.69, 9.17) is 4.74 Å². The van der Waals surface area contributed by atoms with Crippen LogP contribution in [0.4, 0.5) is 0 Å². The fourth-order valence-electron chi connectivity index (χ4n) is 2.92. The number of phenols is 3. The minimum atomic E-state index is -1.57. The van der Waals surface area contributed by atoms with Gasteiger partial charge < -0.3 is 25.2 Å². The number of aliphatic hydroxyl groups is 1. The van der Waals surface area contributed by atoms with Gasteiger partial charge in [0.05, 0.1) is 5.56 Å². The first-order valence-corrected chi connectivity index (χ1v) is 8.17. The van der Waals surface area contributed by atoms with Gasteiger partial charge in [-0.05, 0) is 38.0 Å². The first-order chi connectivity index (χ1) is 12.3. The Hall–Kier alpha value is -2.99. The molecule has 0 amide bonds. The van der Waals surface area contributed by atoms with Crippen LogP contribution in [-0.2, 0) is 11.2 Å². The second-order valence-corrected chi connectivity index (χ2v) is 6.55. The van der Waals surface area contributed by atoms with Crippen molar-refractivity contribution in [2.45, 2.75) is 32.5 Å².